The Kier molecular flexibility index (Phi) is 10.6. The first kappa shape index (κ1) is 28.4. The van der Waals surface area contributed by atoms with E-state index in [1.165, 1.54) is 12.1 Å². The van der Waals surface area contributed by atoms with Crippen LogP contribution in [0.4, 0.5) is 14.0 Å². The number of urea groups is 1. The Morgan fingerprint density at radius 2 is 2.08 bits per heavy atom. The van der Waals surface area contributed by atoms with Crippen molar-refractivity contribution in [1.29, 1.82) is 0 Å². The van der Waals surface area contributed by atoms with Crippen molar-refractivity contribution >= 4 is 23.7 Å². The lowest BCUT2D eigenvalue weighted by atomic mass is 9.74. The molecule has 11 heteroatoms. The summed E-state index contributed by atoms with van der Waals surface area (Å²) >= 11 is 6.01. The van der Waals surface area contributed by atoms with Gasteiger partial charge in [0.15, 0.2) is 0 Å². The molecule has 1 aromatic carbocycles. The van der Waals surface area contributed by atoms with E-state index < -0.39 is 23.4 Å². The number of hydrogen-bond acceptors (Lipinski definition) is 5. The molecule has 4 atom stereocenters. The minimum atomic E-state index is -1.62. The van der Waals surface area contributed by atoms with Crippen LogP contribution in [-0.4, -0.2) is 72.2 Å². The molecule has 2 saturated heterocycles. The van der Waals surface area contributed by atoms with Crippen molar-refractivity contribution < 1.29 is 28.9 Å². The van der Waals surface area contributed by atoms with Gasteiger partial charge >= 0.3 is 12.1 Å². The minimum Gasteiger partial charge on any atom is -0.465 e. The SMILES string of the molecule is N[C@H](CNC(=O)N1CCC[C@@H]([C@@](O)(CCCNC(=O)O)c2cccc(Cl)c2F)C1)CC1CCCCO1. The Bertz CT molecular complexity index is 888. The van der Waals surface area contributed by atoms with Gasteiger partial charge in [-0.05, 0) is 57.4 Å². The summed E-state index contributed by atoms with van der Waals surface area (Å²) in [6, 6.07) is 3.98. The van der Waals surface area contributed by atoms with Crippen molar-refractivity contribution in [2.45, 2.75) is 69.1 Å². The van der Waals surface area contributed by atoms with Crippen molar-refractivity contribution in [1.82, 2.24) is 15.5 Å². The Hall–Kier alpha value is -2.14. The van der Waals surface area contributed by atoms with Gasteiger partial charge in [0.1, 0.15) is 5.82 Å². The average molecular weight is 529 g/mol. The van der Waals surface area contributed by atoms with Crippen LogP contribution in [0.5, 0.6) is 0 Å². The molecule has 6 N–H and O–H groups in total. The summed E-state index contributed by atoms with van der Waals surface area (Å²) in [4.78, 5) is 25.4. The molecule has 9 nitrogen and oxygen atoms in total. The van der Waals surface area contributed by atoms with Gasteiger partial charge in [-0.15, -0.1) is 0 Å². The highest BCUT2D eigenvalue weighted by Gasteiger charge is 2.43. The Balaban J connectivity index is 1.64. The normalized spacial score (nSPS) is 22.9. The van der Waals surface area contributed by atoms with E-state index in [9.17, 15) is 14.7 Å². The van der Waals surface area contributed by atoms with Gasteiger partial charge in [0.25, 0.3) is 0 Å². The summed E-state index contributed by atoms with van der Waals surface area (Å²) in [5.74, 6) is -1.16. The summed E-state index contributed by atoms with van der Waals surface area (Å²) in [6.45, 7) is 1.91. The molecular formula is C25H38ClFN4O5. The molecule has 2 fully saturated rings. The molecule has 2 aliphatic heterocycles. The number of aliphatic hydroxyl groups is 1. The molecule has 0 spiro atoms. The topological polar surface area (TPSA) is 137 Å². The lowest BCUT2D eigenvalue weighted by Gasteiger charge is -2.43. The molecule has 3 rings (SSSR count). The number of nitrogens with zero attached hydrogens (tertiary/aromatic N) is 1. The summed E-state index contributed by atoms with van der Waals surface area (Å²) in [7, 11) is 0. The van der Waals surface area contributed by atoms with Crippen LogP contribution in [0.2, 0.25) is 5.02 Å². The van der Waals surface area contributed by atoms with E-state index in [0.29, 0.717) is 32.4 Å². The third kappa shape index (κ3) is 7.68. The second-order valence-electron chi connectivity index (χ2n) is 9.82. The number of carbonyl (C=O) groups excluding carboxylic acids is 1. The average Bonchev–Trinajstić information content (AvgIpc) is 2.87. The van der Waals surface area contributed by atoms with E-state index >= 15 is 4.39 Å². The number of rotatable bonds is 10. The number of likely N-dealkylation sites (tertiary alicyclic amines) is 1. The number of nitrogens with one attached hydrogen (secondary N) is 2. The smallest absolute Gasteiger partial charge is 0.404 e. The molecule has 1 unspecified atom stereocenters. The summed E-state index contributed by atoms with van der Waals surface area (Å²) < 4.78 is 20.8. The highest BCUT2D eigenvalue weighted by molar-refractivity contribution is 6.30. The van der Waals surface area contributed by atoms with Crippen LogP contribution in [0.15, 0.2) is 18.2 Å². The van der Waals surface area contributed by atoms with Crippen LogP contribution < -0.4 is 16.4 Å². The number of carbonyl (C=O) groups is 2. The zero-order chi connectivity index (χ0) is 26.1. The zero-order valence-corrected chi connectivity index (χ0v) is 21.3. The highest BCUT2D eigenvalue weighted by Crippen LogP contribution is 2.41. The van der Waals surface area contributed by atoms with Crippen LogP contribution in [0.25, 0.3) is 0 Å². The van der Waals surface area contributed by atoms with E-state index in [4.69, 9.17) is 27.2 Å². The third-order valence-electron chi connectivity index (χ3n) is 7.17. The van der Waals surface area contributed by atoms with Gasteiger partial charge in [-0.25, -0.2) is 14.0 Å². The fourth-order valence-corrected chi connectivity index (χ4v) is 5.42. The number of amides is 3. The van der Waals surface area contributed by atoms with Gasteiger partial charge in [-0.1, -0.05) is 23.7 Å². The number of nitrogens with two attached hydrogens (primary N) is 1. The van der Waals surface area contributed by atoms with E-state index in [1.54, 1.807) is 11.0 Å². The highest BCUT2D eigenvalue weighted by atomic mass is 35.5. The van der Waals surface area contributed by atoms with Gasteiger partial charge in [0.2, 0.25) is 0 Å². The molecule has 3 amide bonds. The maximum Gasteiger partial charge on any atom is 0.404 e. The first-order chi connectivity index (χ1) is 17.2. The number of piperidine rings is 1. The van der Waals surface area contributed by atoms with E-state index in [-0.39, 0.29) is 54.7 Å². The number of benzene rings is 1. The zero-order valence-electron chi connectivity index (χ0n) is 20.6. The van der Waals surface area contributed by atoms with E-state index in [0.717, 1.165) is 25.9 Å². The molecule has 0 saturated carbocycles. The van der Waals surface area contributed by atoms with Crippen molar-refractivity contribution in [3.05, 3.63) is 34.6 Å². The lowest BCUT2D eigenvalue weighted by molar-refractivity contribution is -0.0575. The van der Waals surface area contributed by atoms with Crippen molar-refractivity contribution in [2.75, 3.05) is 32.8 Å². The van der Waals surface area contributed by atoms with E-state index in [1.807, 2.05) is 0 Å². The van der Waals surface area contributed by atoms with Crippen LogP contribution in [0, 0.1) is 11.7 Å². The number of halogens is 2. The lowest BCUT2D eigenvalue weighted by Crippen LogP contribution is -2.52. The first-order valence-electron chi connectivity index (χ1n) is 12.7. The Labute approximate surface area is 216 Å². The van der Waals surface area contributed by atoms with Crippen LogP contribution in [0.1, 0.15) is 56.9 Å². The molecule has 36 heavy (non-hydrogen) atoms. The molecule has 0 radical (unpaired) electrons. The summed E-state index contributed by atoms with van der Waals surface area (Å²) in [6.07, 6.45) is 4.43. The predicted molar refractivity (Wildman–Crippen MR) is 134 cm³/mol. The second kappa shape index (κ2) is 13.4. The predicted octanol–water partition coefficient (Wildman–Crippen LogP) is 3.42. The maximum absolute atomic E-state index is 15.0. The third-order valence-corrected chi connectivity index (χ3v) is 7.46. The van der Waals surface area contributed by atoms with Gasteiger partial charge in [-0.2, -0.15) is 0 Å². The summed E-state index contributed by atoms with van der Waals surface area (Å²) in [5.41, 5.74) is 4.66. The molecule has 0 aromatic heterocycles. The van der Waals surface area contributed by atoms with Crippen molar-refractivity contribution in [3.8, 4) is 0 Å². The van der Waals surface area contributed by atoms with Crippen molar-refractivity contribution in [3.63, 3.8) is 0 Å². The maximum atomic E-state index is 15.0. The Morgan fingerprint density at radius 1 is 1.28 bits per heavy atom. The van der Waals surface area contributed by atoms with Gasteiger partial charge in [-0.3, -0.25) is 0 Å². The number of hydrogen-bond donors (Lipinski definition) is 5. The summed E-state index contributed by atoms with van der Waals surface area (Å²) in [5, 5.41) is 25.7. The fourth-order valence-electron chi connectivity index (χ4n) is 5.25. The molecule has 2 aliphatic rings. The molecule has 0 aliphatic carbocycles. The first-order valence-corrected chi connectivity index (χ1v) is 13.1. The van der Waals surface area contributed by atoms with Crippen LogP contribution in [-0.2, 0) is 10.3 Å². The van der Waals surface area contributed by atoms with Crippen molar-refractivity contribution in [2.24, 2.45) is 11.7 Å². The van der Waals surface area contributed by atoms with Crippen LogP contribution in [0.3, 0.4) is 0 Å². The quantitative estimate of drug-likeness (QED) is 0.295. The largest absolute Gasteiger partial charge is 0.465 e. The standard InChI is InChI=1S/C25H38ClFN4O5/c26-21-9-3-8-20(22(21)27)25(35,10-5-11-29-24(33)34)17-6-4-12-31(16-17)23(32)30-15-18(28)14-19-7-1-2-13-36-19/h3,8-9,17-19,29,35H,1-2,4-7,10-16,28H2,(H,30,32)(H,33,34)/t17-,18+,19?,25+/m1/s1. The molecule has 1 aromatic rings. The molecular weight excluding hydrogens is 491 g/mol. The second-order valence-corrected chi connectivity index (χ2v) is 10.2. The van der Waals surface area contributed by atoms with Gasteiger partial charge in [0.05, 0.1) is 16.7 Å². The molecule has 2 heterocycles. The minimum absolute atomic E-state index is 0.0621. The van der Waals surface area contributed by atoms with Crippen LogP contribution >= 0.6 is 11.6 Å². The monoisotopic (exact) mass is 528 g/mol. The van der Waals surface area contributed by atoms with E-state index in [2.05, 4.69) is 10.6 Å². The molecule has 202 valence electrons. The fraction of sp³-hybridized carbons (Fsp3) is 0.680. The Morgan fingerprint density at radius 3 is 2.81 bits per heavy atom. The van der Waals surface area contributed by atoms with Gasteiger partial charge < -0.3 is 36.2 Å². The number of carboxylic acid groups (broad SMARTS) is 1. The van der Waals surface area contributed by atoms with Gasteiger partial charge in [0, 0.05) is 50.3 Å². The molecule has 0 bridgehead atoms. The number of ether oxygens (including phenoxy) is 1.